The highest BCUT2D eigenvalue weighted by molar-refractivity contribution is 7.08. The van der Waals surface area contributed by atoms with Gasteiger partial charge in [-0.2, -0.15) is 11.3 Å². The third kappa shape index (κ3) is 3.34. The van der Waals surface area contributed by atoms with Gasteiger partial charge in [0.15, 0.2) is 0 Å². The van der Waals surface area contributed by atoms with E-state index in [1.165, 1.54) is 0 Å². The van der Waals surface area contributed by atoms with Crippen molar-refractivity contribution >= 4 is 17.2 Å². The van der Waals surface area contributed by atoms with Crippen LogP contribution in [0.1, 0.15) is 28.2 Å². The van der Waals surface area contributed by atoms with Crippen LogP contribution < -0.4 is 0 Å². The van der Waals surface area contributed by atoms with Gasteiger partial charge in [0.05, 0.1) is 36.2 Å². The van der Waals surface area contributed by atoms with E-state index in [1.54, 1.807) is 23.7 Å². The fourth-order valence-corrected chi connectivity index (χ4v) is 3.33. The van der Waals surface area contributed by atoms with Crippen LogP contribution in [0.4, 0.5) is 0 Å². The minimum atomic E-state index is 0.0996. The number of morpholine rings is 1. The summed E-state index contributed by atoms with van der Waals surface area (Å²) in [7, 11) is 0. The lowest BCUT2D eigenvalue weighted by Gasteiger charge is -2.35. The Labute approximate surface area is 134 Å². The summed E-state index contributed by atoms with van der Waals surface area (Å²) in [6, 6.07) is 1.98. The molecule has 0 radical (unpaired) electrons. The Balaban J connectivity index is 1.68. The van der Waals surface area contributed by atoms with Gasteiger partial charge in [-0.1, -0.05) is 0 Å². The predicted molar refractivity (Wildman–Crippen MR) is 85.1 cm³/mol. The van der Waals surface area contributed by atoms with Crippen molar-refractivity contribution in [2.45, 2.75) is 25.8 Å². The van der Waals surface area contributed by atoms with Crippen LogP contribution in [-0.2, 0) is 11.2 Å². The Morgan fingerprint density at radius 3 is 3.09 bits per heavy atom. The molecule has 0 N–H and O–H groups in total. The maximum absolute atomic E-state index is 12.6. The molecule has 2 aromatic rings. The van der Waals surface area contributed by atoms with Gasteiger partial charge in [0.1, 0.15) is 0 Å². The molecule has 2 aromatic heterocycles. The standard InChI is InChI=1S/C16H19N3O2S/c1-12-15(18-6-5-17-12)3-2-14-10-21-8-7-19(14)16(20)13-4-9-22-11-13/h4-6,9,11,14H,2-3,7-8,10H2,1H3. The average molecular weight is 317 g/mol. The molecule has 6 heteroatoms. The monoisotopic (exact) mass is 317 g/mol. The molecule has 1 atom stereocenters. The van der Waals surface area contributed by atoms with Gasteiger partial charge in [-0.3, -0.25) is 14.8 Å². The molecule has 5 nitrogen and oxygen atoms in total. The van der Waals surface area contributed by atoms with Crippen LogP contribution in [0.5, 0.6) is 0 Å². The van der Waals surface area contributed by atoms with Crippen molar-refractivity contribution in [3.63, 3.8) is 0 Å². The van der Waals surface area contributed by atoms with Crippen molar-refractivity contribution in [2.24, 2.45) is 0 Å². The van der Waals surface area contributed by atoms with Crippen LogP contribution in [0.15, 0.2) is 29.2 Å². The molecule has 0 bridgehead atoms. The molecule has 1 unspecified atom stereocenters. The van der Waals surface area contributed by atoms with Crippen LogP contribution in [0.3, 0.4) is 0 Å². The number of hydrogen-bond acceptors (Lipinski definition) is 5. The summed E-state index contributed by atoms with van der Waals surface area (Å²) in [5.74, 6) is 0.102. The topological polar surface area (TPSA) is 55.3 Å². The zero-order valence-corrected chi connectivity index (χ0v) is 13.4. The number of aromatic nitrogens is 2. The van der Waals surface area contributed by atoms with Gasteiger partial charge in [-0.05, 0) is 31.2 Å². The SMILES string of the molecule is Cc1nccnc1CCC1COCCN1C(=O)c1ccsc1. The zero-order chi connectivity index (χ0) is 15.4. The van der Waals surface area contributed by atoms with E-state index < -0.39 is 0 Å². The number of carbonyl (C=O) groups excluding carboxylic acids is 1. The van der Waals surface area contributed by atoms with Gasteiger partial charge in [0.25, 0.3) is 5.91 Å². The minimum absolute atomic E-state index is 0.0996. The van der Waals surface area contributed by atoms with Crippen molar-refractivity contribution < 1.29 is 9.53 Å². The van der Waals surface area contributed by atoms with Crippen molar-refractivity contribution in [3.05, 3.63) is 46.2 Å². The molecule has 22 heavy (non-hydrogen) atoms. The lowest BCUT2D eigenvalue weighted by Crippen LogP contribution is -2.48. The molecular weight excluding hydrogens is 298 g/mol. The molecule has 116 valence electrons. The first-order valence-electron chi connectivity index (χ1n) is 7.43. The molecule has 0 aliphatic carbocycles. The zero-order valence-electron chi connectivity index (χ0n) is 12.6. The second-order valence-corrected chi connectivity index (χ2v) is 6.15. The van der Waals surface area contributed by atoms with Crippen LogP contribution >= 0.6 is 11.3 Å². The fourth-order valence-electron chi connectivity index (χ4n) is 2.70. The summed E-state index contributed by atoms with van der Waals surface area (Å²) >= 11 is 1.55. The summed E-state index contributed by atoms with van der Waals surface area (Å²) in [4.78, 5) is 23.2. The molecule has 1 amide bonds. The third-order valence-corrected chi connectivity index (χ3v) is 4.64. The molecule has 1 saturated heterocycles. The van der Waals surface area contributed by atoms with E-state index in [4.69, 9.17) is 4.74 Å². The lowest BCUT2D eigenvalue weighted by molar-refractivity contribution is -0.00411. The summed E-state index contributed by atoms with van der Waals surface area (Å²) in [6.07, 6.45) is 5.07. The number of nitrogens with zero attached hydrogens (tertiary/aromatic N) is 3. The maximum Gasteiger partial charge on any atom is 0.255 e. The Morgan fingerprint density at radius 1 is 1.45 bits per heavy atom. The molecule has 1 aliphatic heterocycles. The van der Waals surface area contributed by atoms with E-state index in [1.807, 2.05) is 28.7 Å². The largest absolute Gasteiger partial charge is 0.377 e. The van der Waals surface area contributed by atoms with E-state index >= 15 is 0 Å². The van der Waals surface area contributed by atoms with Crippen molar-refractivity contribution in [2.75, 3.05) is 19.8 Å². The smallest absolute Gasteiger partial charge is 0.255 e. The number of hydrogen-bond donors (Lipinski definition) is 0. The Hall–Kier alpha value is -1.79. The molecular formula is C16H19N3O2S. The number of rotatable bonds is 4. The second-order valence-electron chi connectivity index (χ2n) is 5.37. The molecule has 0 spiro atoms. The van der Waals surface area contributed by atoms with Gasteiger partial charge in [0, 0.05) is 24.3 Å². The van der Waals surface area contributed by atoms with Gasteiger partial charge >= 0.3 is 0 Å². The van der Waals surface area contributed by atoms with E-state index in [2.05, 4.69) is 9.97 Å². The number of carbonyl (C=O) groups is 1. The van der Waals surface area contributed by atoms with Crippen LogP contribution in [0.25, 0.3) is 0 Å². The summed E-state index contributed by atoms with van der Waals surface area (Å²) < 4.78 is 5.57. The Bertz CT molecular complexity index is 630. The van der Waals surface area contributed by atoms with E-state index in [-0.39, 0.29) is 11.9 Å². The molecule has 1 aliphatic rings. The quantitative estimate of drug-likeness (QED) is 0.868. The van der Waals surface area contributed by atoms with Crippen LogP contribution in [0.2, 0.25) is 0 Å². The van der Waals surface area contributed by atoms with Crippen molar-refractivity contribution in [1.82, 2.24) is 14.9 Å². The second kappa shape index (κ2) is 6.98. The summed E-state index contributed by atoms with van der Waals surface area (Å²) in [6.45, 7) is 3.82. The first kappa shape index (κ1) is 15.1. The molecule has 3 heterocycles. The molecule has 0 aromatic carbocycles. The fraction of sp³-hybridized carbons (Fsp3) is 0.438. The Morgan fingerprint density at radius 2 is 2.32 bits per heavy atom. The van der Waals surface area contributed by atoms with E-state index in [0.717, 1.165) is 29.8 Å². The number of aryl methyl sites for hydroxylation is 2. The van der Waals surface area contributed by atoms with Gasteiger partial charge < -0.3 is 9.64 Å². The highest BCUT2D eigenvalue weighted by Crippen LogP contribution is 2.18. The third-order valence-electron chi connectivity index (χ3n) is 3.95. The number of amides is 1. The molecule has 0 saturated carbocycles. The number of ether oxygens (including phenoxy) is 1. The molecule has 1 fully saturated rings. The summed E-state index contributed by atoms with van der Waals surface area (Å²) in [5, 5.41) is 3.84. The van der Waals surface area contributed by atoms with Crippen molar-refractivity contribution in [1.29, 1.82) is 0 Å². The van der Waals surface area contributed by atoms with Crippen LogP contribution in [0, 0.1) is 6.92 Å². The molecule has 3 rings (SSSR count). The van der Waals surface area contributed by atoms with Gasteiger partial charge in [0.2, 0.25) is 0 Å². The first-order valence-corrected chi connectivity index (χ1v) is 8.37. The Kier molecular flexibility index (Phi) is 4.80. The van der Waals surface area contributed by atoms with Gasteiger partial charge in [-0.15, -0.1) is 0 Å². The average Bonchev–Trinajstić information content (AvgIpc) is 3.08. The van der Waals surface area contributed by atoms with Crippen LogP contribution in [-0.4, -0.2) is 46.6 Å². The summed E-state index contributed by atoms with van der Waals surface area (Å²) in [5.41, 5.74) is 2.72. The maximum atomic E-state index is 12.6. The predicted octanol–water partition coefficient (Wildman–Crippen LogP) is 2.32. The van der Waals surface area contributed by atoms with Gasteiger partial charge in [-0.25, -0.2) is 0 Å². The minimum Gasteiger partial charge on any atom is -0.377 e. The highest BCUT2D eigenvalue weighted by atomic mass is 32.1. The lowest BCUT2D eigenvalue weighted by atomic mass is 10.1. The first-order chi connectivity index (χ1) is 10.8. The van der Waals surface area contributed by atoms with E-state index in [9.17, 15) is 4.79 Å². The van der Waals surface area contributed by atoms with E-state index in [0.29, 0.717) is 19.8 Å². The number of thiophene rings is 1. The highest BCUT2D eigenvalue weighted by Gasteiger charge is 2.28. The van der Waals surface area contributed by atoms with Crippen molar-refractivity contribution in [3.8, 4) is 0 Å². The normalized spacial score (nSPS) is 18.4.